The fraction of sp³-hybridized carbons (Fsp3) is 0.889. The van der Waals surface area contributed by atoms with Crippen molar-refractivity contribution in [3.05, 3.63) is 0 Å². The van der Waals surface area contributed by atoms with Crippen LogP contribution in [0.25, 0.3) is 0 Å². The van der Waals surface area contributed by atoms with E-state index in [1.54, 1.807) is 0 Å². The number of hydrogen-bond donors (Lipinski definition) is 0. The Balaban J connectivity index is 1.65. The standard InChI is InChI=1S/C18H26O3/c1-17-8-7-14-12(13(17)5-6-15(17)19)4-3-11-9-16(20)21-10-18(11,14)2/h11-14H,3-10H2,1-2H3/t11-,12-,13-,14-,17-,18-/m0/s1. The molecule has 0 unspecified atom stereocenters. The lowest BCUT2D eigenvalue weighted by Crippen LogP contribution is -2.55. The van der Waals surface area contributed by atoms with Crippen LogP contribution in [-0.2, 0) is 14.3 Å². The van der Waals surface area contributed by atoms with Crippen molar-refractivity contribution in [1.29, 1.82) is 0 Å². The molecule has 3 aliphatic carbocycles. The molecule has 0 radical (unpaired) electrons. The smallest absolute Gasteiger partial charge is 0.306 e. The molecule has 3 heteroatoms. The molecule has 21 heavy (non-hydrogen) atoms. The van der Waals surface area contributed by atoms with E-state index in [1.807, 2.05) is 0 Å². The Bertz CT molecular complexity index is 499. The molecule has 3 nitrogen and oxygen atoms in total. The summed E-state index contributed by atoms with van der Waals surface area (Å²) >= 11 is 0. The molecule has 0 aromatic rings. The van der Waals surface area contributed by atoms with E-state index < -0.39 is 0 Å². The van der Waals surface area contributed by atoms with Gasteiger partial charge in [0.15, 0.2) is 0 Å². The highest BCUT2D eigenvalue weighted by atomic mass is 16.5. The molecule has 4 aliphatic rings. The minimum atomic E-state index is -0.0459. The number of cyclic esters (lactones) is 1. The summed E-state index contributed by atoms with van der Waals surface area (Å²) in [5.41, 5.74) is 0.111. The number of carbonyl (C=O) groups excluding carboxylic acids is 2. The van der Waals surface area contributed by atoms with Crippen molar-refractivity contribution < 1.29 is 14.3 Å². The lowest BCUT2D eigenvalue weighted by Gasteiger charge is -2.58. The lowest BCUT2D eigenvalue weighted by atomic mass is 9.47. The van der Waals surface area contributed by atoms with Gasteiger partial charge in [0.1, 0.15) is 5.78 Å². The van der Waals surface area contributed by atoms with Gasteiger partial charge in [-0.15, -0.1) is 0 Å². The van der Waals surface area contributed by atoms with Gasteiger partial charge in [-0.2, -0.15) is 0 Å². The molecule has 4 rings (SSSR count). The third kappa shape index (κ3) is 1.72. The van der Waals surface area contributed by atoms with Crippen LogP contribution in [0.3, 0.4) is 0 Å². The van der Waals surface area contributed by atoms with Crippen molar-refractivity contribution in [3.63, 3.8) is 0 Å². The van der Waals surface area contributed by atoms with E-state index in [9.17, 15) is 9.59 Å². The highest BCUT2D eigenvalue weighted by Crippen LogP contribution is 2.63. The SMILES string of the molecule is C[C@]12COC(=O)C[C@@H]1CC[C@@H]1[C@@H]2CC[C@]2(C)C(=O)CC[C@@H]12. The van der Waals surface area contributed by atoms with Crippen LogP contribution in [0.4, 0.5) is 0 Å². The van der Waals surface area contributed by atoms with Crippen molar-refractivity contribution in [2.75, 3.05) is 6.61 Å². The summed E-state index contributed by atoms with van der Waals surface area (Å²) in [4.78, 5) is 24.0. The summed E-state index contributed by atoms with van der Waals surface area (Å²) in [5, 5.41) is 0. The number of carbonyl (C=O) groups is 2. The molecule has 116 valence electrons. The Hall–Kier alpha value is -0.860. The minimum Gasteiger partial charge on any atom is -0.465 e. The first-order valence-corrected chi connectivity index (χ1v) is 8.64. The summed E-state index contributed by atoms with van der Waals surface area (Å²) in [6, 6.07) is 0. The zero-order valence-corrected chi connectivity index (χ0v) is 13.2. The second-order valence-electron chi connectivity index (χ2n) is 8.44. The van der Waals surface area contributed by atoms with Gasteiger partial charge in [-0.05, 0) is 55.8 Å². The highest BCUT2D eigenvalue weighted by Gasteiger charge is 2.60. The second-order valence-corrected chi connectivity index (χ2v) is 8.44. The number of rotatable bonds is 0. The first-order valence-electron chi connectivity index (χ1n) is 8.64. The molecular formula is C18H26O3. The number of hydrogen-bond acceptors (Lipinski definition) is 3. The number of ketones is 1. The van der Waals surface area contributed by atoms with Crippen LogP contribution in [0.2, 0.25) is 0 Å². The van der Waals surface area contributed by atoms with Crippen LogP contribution in [0.15, 0.2) is 0 Å². The van der Waals surface area contributed by atoms with Gasteiger partial charge in [0.2, 0.25) is 0 Å². The fourth-order valence-electron chi connectivity index (χ4n) is 6.36. The molecule has 3 saturated carbocycles. The molecule has 0 spiro atoms. The highest BCUT2D eigenvalue weighted by molar-refractivity contribution is 5.87. The minimum absolute atomic E-state index is 0.00684. The van der Waals surface area contributed by atoms with Crippen LogP contribution >= 0.6 is 0 Å². The third-order valence-corrected chi connectivity index (χ3v) is 7.73. The summed E-state index contributed by atoms with van der Waals surface area (Å²) in [6.07, 6.45) is 7.05. The molecule has 1 saturated heterocycles. The zero-order chi connectivity index (χ0) is 14.8. The van der Waals surface area contributed by atoms with Crippen LogP contribution < -0.4 is 0 Å². The molecule has 4 fully saturated rings. The molecular weight excluding hydrogens is 264 g/mol. The number of ether oxygens (including phenoxy) is 1. The second kappa shape index (κ2) is 4.33. The summed E-state index contributed by atoms with van der Waals surface area (Å²) in [6.45, 7) is 5.17. The quantitative estimate of drug-likeness (QED) is 0.642. The Labute approximate surface area is 126 Å². The molecule has 1 heterocycles. The van der Waals surface area contributed by atoms with Crippen molar-refractivity contribution in [1.82, 2.24) is 0 Å². The van der Waals surface area contributed by atoms with E-state index in [2.05, 4.69) is 13.8 Å². The van der Waals surface area contributed by atoms with Crippen molar-refractivity contribution in [2.24, 2.45) is 34.5 Å². The largest absolute Gasteiger partial charge is 0.465 e. The van der Waals surface area contributed by atoms with E-state index in [1.165, 1.54) is 6.42 Å². The molecule has 6 atom stereocenters. The number of fused-ring (bicyclic) bond motifs is 5. The molecule has 0 aromatic heterocycles. The van der Waals surface area contributed by atoms with Gasteiger partial charge < -0.3 is 4.74 Å². The Kier molecular flexibility index (Phi) is 2.84. The normalized spacial score (nSPS) is 52.7. The summed E-state index contributed by atoms with van der Waals surface area (Å²) in [5.74, 6) is 2.91. The third-order valence-electron chi connectivity index (χ3n) is 7.73. The van der Waals surface area contributed by atoms with Crippen molar-refractivity contribution in [2.45, 2.75) is 58.8 Å². The number of Topliss-reactive ketones (excluding diaryl/α,β-unsaturated/α-hetero) is 1. The molecule has 0 aromatic carbocycles. The van der Waals surface area contributed by atoms with Crippen LogP contribution in [0.1, 0.15) is 58.8 Å². The van der Waals surface area contributed by atoms with Crippen LogP contribution in [0.5, 0.6) is 0 Å². The average Bonchev–Trinajstić information content (AvgIpc) is 2.76. The van der Waals surface area contributed by atoms with Gasteiger partial charge in [0, 0.05) is 23.7 Å². The van der Waals surface area contributed by atoms with Gasteiger partial charge >= 0.3 is 5.97 Å². The summed E-state index contributed by atoms with van der Waals surface area (Å²) in [7, 11) is 0. The first kappa shape index (κ1) is 13.8. The van der Waals surface area contributed by atoms with Crippen LogP contribution in [-0.4, -0.2) is 18.4 Å². The topological polar surface area (TPSA) is 43.4 Å². The molecule has 1 aliphatic heterocycles. The predicted molar refractivity (Wildman–Crippen MR) is 78.5 cm³/mol. The van der Waals surface area contributed by atoms with Gasteiger partial charge in [-0.1, -0.05) is 13.8 Å². The van der Waals surface area contributed by atoms with Gasteiger partial charge in [0.25, 0.3) is 0 Å². The van der Waals surface area contributed by atoms with E-state index in [0.717, 1.165) is 32.1 Å². The first-order chi connectivity index (χ1) is 9.95. The van der Waals surface area contributed by atoms with E-state index in [4.69, 9.17) is 4.74 Å². The maximum atomic E-state index is 12.3. The van der Waals surface area contributed by atoms with Gasteiger partial charge in [0.05, 0.1) is 6.61 Å². The maximum absolute atomic E-state index is 12.3. The Morgan fingerprint density at radius 3 is 2.67 bits per heavy atom. The monoisotopic (exact) mass is 290 g/mol. The van der Waals surface area contributed by atoms with E-state index in [0.29, 0.717) is 42.5 Å². The fourth-order valence-corrected chi connectivity index (χ4v) is 6.36. The summed E-state index contributed by atoms with van der Waals surface area (Å²) < 4.78 is 5.45. The van der Waals surface area contributed by atoms with Crippen molar-refractivity contribution in [3.8, 4) is 0 Å². The van der Waals surface area contributed by atoms with E-state index in [-0.39, 0.29) is 16.8 Å². The lowest BCUT2D eigenvalue weighted by molar-refractivity contribution is -0.179. The van der Waals surface area contributed by atoms with Crippen molar-refractivity contribution >= 4 is 11.8 Å². The average molecular weight is 290 g/mol. The van der Waals surface area contributed by atoms with Gasteiger partial charge in [-0.25, -0.2) is 0 Å². The predicted octanol–water partition coefficient (Wildman–Crippen LogP) is 3.36. The molecule has 0 N–H and O–H groups in total. The molecule has 0 bridgehead atoms. The maximum Gasteiger partial charge on any atom is 0.306 e. The van der Waals surface area contributed by atoms with E-state index >= 15 is 0 Å². The Morgan fingerprint density at radius 1 is 1.05 bits per heavy atom. The van der Waals surface area contributed by atoms with Crippen LogP contribution in [0, 0.1) is 34.5 Å². The Morgan fingerprint density at radius 2 is 1.86 bits per heavy atom. The van der Waals surface area contributed by atoms with Gasteiger partial charge in [-0.3, -0.25) is 9.59 Å². The zero-order valence-electron chi connectivity index (χ0n) is 13.2. The number of esters is 1. The molecule has 0 amide bonds.